The lowest BCUT2D eigenvalue weighted by Gasteiger charge is -2.28. The molecule has 1 aliphatic heterocycles. The highest BCUT2D eigenvalue weighted by atomic mass is 32.2. The fraction of sp³-hybridized carbons (Fsp3) is 0.562. The summed E-state index contributed by atoms with van der Waals surface area (Å²) in [6.07, 6.45) is 2.02. The zero-order valence-corrected chi connectivity index (χ0v) is 14.0. The standard InChI is InChI=1S/C16H23N3O3S/c20-16(18-12-9-17-10-13-18)8-11-19(14-6-7-14)23(21,22)15-4-2-1-3-5-15/h1-5,14,17H,6-13H2. The van der Waals surface area contributed by atoms with Crippen molar-refractivity contribution in [1.82, 2.24) is 14.5 Å². The van der Waals surface area contributed by atoms with Crippen LogP contribution in [0.5, 0.6) is 0 Å². The van der Waals surface area contributed by atoms with Crippen molar-refractivity contribution in [3.63, 3.8) is 0 Å². The molecule has 1 aromatic rings. The van der Waals surface area contributed by atoms with E-state index in [1.165, 1.54) is 4.31 Å². The molecule has 3 rings (SSSR count). The molecule has 1 aliphatic carbocycles. The molecule has 1 amide bonds. The van der Waals surface area contributed by atoms with Crippen molar-refractivity contribution in [2.75, 3.05) is 32.7 Å². The van der Waals surface area contributed by atoms with E-state index in [9.17, 15) is 13.2 Å². The summed E-state index contributed by atoms with van der Waals surface area (Å²) < 4.78 is 27.1. The van der Waals surface area contributed by atoms with Gasteiger partial charge in [-0.15, -0.1) is 0 Å². The Bertz CT molecular complexity index is 638. The second-order valence-electron chi connectivity index (χ2n) is 6.04. The van der Waals surface area contributed by atoms with Gasteiger partial charge in [-0.05, 0) is 25.0 Å². The Labute approximate surface area is 137 Å². The van der Waals surface area contributed by atoms with E-state index in [4.69, 9.17) is 0 Å². The molecule has 2 aliphatic rings. The van der Waals surface area contributed by atoms with Crippen LogP contribution >= 0.6 is 0 Å². The fourth-order valence-electron chi connectivity index (χ4n) is 2.87. The Morgan fingerprint density at radius 1 is 1.17 bits per heavy atom. The Kier molecular flexibility index (Phi) is 4.99. The zero-order chi connectivity index (χ0) is 16.3. The van der Waals surface area contributed by atoms with Crippen molar-refractivity contribution >= 4 is 15.9 Å². The largest absolute Gasteiger partial charge is 0.340 e. The summed E-state index contributed by atoms with van der Waals surface area (Å²) in [6.45, 7) is 3.28. The predicted octanol–water partition coefficient (Wildman–Crippen LogP) is 0.662. The van der Waals surface area contributed by atoms with Crippen molar-refractivity contribution in [3.8, 4) is 0 Å². The highest BCUT2D eigenvalue weighted by molar-refractivity contribution is 7.89. The third kappa shape index (κ3) is 3.91. The minimum atomic E-state index is -3.51. The molecule has 1 saturated carbocycles. The maximum atomic E-state index is 12.8. The van der Waals surface area contributed by atoms with Gasteiger partial charge < -0.3 is 10.2 Å². The number of sulfonamides is 1. The molecule has 1 N–H and O–H groups in total. The van der Waals surface area contributed by atoms with Gasteiger partial charge in [0.05, 0.1) is 4.90 Å². The van der Waals surface area contributed by atoms with Crippen molar-refractivity contribution in [3.05, 3.63) is 30.3 Å². The maximum absolute atomic E-state index is 12.8. The van der Waals surface area contributed by atoms with Gasteiger partial charge in [-0.3, -0.25) is 4.79 Å². The van der Waals surface area contributed by atoms with Crippen LogP contribution in [0.15, 0.2) is 35.2 Å². The molecule has 1 aromatic carbocycles. The fourth-order valence-corrected chi connectivity index (χ4v) is 4.57. The molecule has 2 fully saturated rings. The molecule has 0 radical (unpaired) electrons. The Hall–Kier alpha value is -1.44. The van der Waals surface area contributed by atoms with E-state index in [-0.39, 0.29) is 24.9 Å². The van der Waals surface area contributed by atoms with Crippen molar-refractivity contribution in [1.29, 1.82) is 0 Å². The van der Waals surface area contributed by atoms with E-state index in [0.29, 0.717) is 18.0 Å². The molecule has 0 spiro atoms. The van der Waals surface area contributed by atoms with Crippen molar-refractivity contribution in [2.24, 2.45) is 0 Å². The van der Waals surface area contributed by atoms with Crippen molar-refractivity contribution < 1.29 is 13.2 Å². The minimum absolute atomic E-state index is 0.0420. The SMILES string of the molecule is O=C(CCN(C1CC1)S(=O)(=O)c1ccccc1)N1CCNCC1. The number of hydrogen-bond acceptors (Lipinski definition) is 4. The quantitative estimate of drug-likeness (QED) is 0.828. The summed E-state index contributed by atoms with van der Waals surface area (Å²) in [5, 5.41) is 3.21. The van der Waals surface area contributed by atoms with E-state index < -0.39 is 10.0 Å². The van der Waals surface area contributed by atoms with E-state index in [1.54, 1.807) is 30.3 Å². The molecule has 1 heterocycles. The highest BCUT2D eigenvalue weighted by Crippen LogP contribution is 2.32. The predicted molar refractivity (Wildman–Crippen MR) is 87.4 cm³/mol. The first kappa shape index (κ1) is 16.4. The molecule has 7 heteroatoms. The van der Waals surface area contributed by atoms with Crippen LogP contribution in [0.2, 0.25) is 0 Å². The molecule has 1 saturated heterocycles. The van der Waals surface area contributed by atoms with Gasteiger partial charge in [0, 0.05) is 45.2 Å². The number of nitrogens with one attached hydrogen (secondary N) is 1. The first-order chi connectivity index (χ1) is 11.1. The van der Waals surface area contributed by atoms with Gasteiger partial charge in [-0.1, -0.05) is 18.2 Å². The Morgan fingerprint density at radius 2 is 1.83 bits per heavy atom. The van der Waals surface area contributed by atoms with E-state index >= 15 is 0 Å². The molecule has 0 unspecified atom stereocenters. The van der Waals surface area contributed by atoms with Crippen LogP contribution in [0.1, 0.15) is 19.3 Å². The second kappa shape index (κ2) is 6.98. The molecule has 23 heavy (non-hydrogen) atoms. The molecular formula is C16H23N3O3S. The number of carbonyl (C=O) groups excluding carboxylic acids is 1. The smallest absolute Gasteiger partial charge is 0.243 e. The third-order valence-electron chi connectivity index (χ3n) is 4.32. The van der Waals surface area contributed by atoms with Crippen LogP contribution < -0.4 is 5.32 Å². The minimum Gasteiger partial charge on any atom is -0.340 e. The molecule has 126 valence electrons. The van der Waals surface area contributed by atoms with E-state index in [0.717, 1.165) is 25.9 Å². The summed E-state index contributed by atoms with van der Waals surface area (Å²) in [4.78, 5) is 14.4. The van der Waals surface area contributed by atoms with Gasteiger partial charge >= 0.3 is 0 Å². The van der Waals surface area contributed by atoms with Gasteiger partial charge in [0.25, 0.3) is 0 Å². The first-order valence-corrected chi connectivity index (χ1v) is 9.58. The number of hydrogen-bond donors (Lipinski definition) is 1. The third-order valence-corrected chi connectivity index (χ3v) is 6.29. The summed E-state index contributed by atoms with van der Waals surface area (Å²) in [5.41, 5.74) is 0. The summed E-state index contributed by atoms with van der Waals surface area (Å²) in [6, 6.07) is 8.53. The normalized spacial score (nSPS) is 19.1. The Balaban J connectivity index is 1.66. The number of benzene rings is 1. The van der Waals surface area contributed by atoms with Crippen LogP contribution in [-0.2, 0) is 14.8 Å². The van der Waals surface area contributed by atoms with Gasteiger partial charge in [0.2, 0.25) is 15.9 Å². The summed E-state index contributed by atoms with van der Waals surface area (Å²) in [7, 11) is -3.51. The first-order valence-electron chi connectivity index (χ1n) is 8.14. The van der Waals surface area contributed by atoms with Gasteiger partial charge in [-0.25, -0.2) is 8.42 Å². The lowest BCUT2D eigenvalue weighted by Crippen LogP contribution is -2.47. The average molecular weight is 337 g/mol. The molecule has 0 bridgehead atoms. The lowest BCUT2D eigenvalue weighted by atomic mass is 10.3. The van der Waals surface area contributed by atoms with Crippen LogP contribution in [0.4, 0.5) is 0 Å². The Morgan fingerprint density at radius 3 is 2.43 bits per heavy atom. The molecule has 0 atom stereocenters. The number of carbonyl (C=O) groups is 1. The summed E-state index contributed by atoms with van der Waals surface area (Å²) in [5.74, 6) is 0.0420. The molecule has 6 nitrogen and oxygen atoms in total. The van der Waals surface area contributed by atoms with Crippen LogP contribution in [0, 0.1) is 0 Å². The van der Waals surface area contributed by atoms with Crippen LogP contribution in [0.3, 0.4) is 0 Å². The van der Waals surface area contributed by atoms with Gasteiger partial charge in [-0.2, -0.15) is 4.31 Å². The van der Waals surface area contributed by atoms with Crippen LogP contribution in [0.25, 0.3) is 0 Å². The van der Waals surface area contributed by atoms with Gasteiger partial charge in [0.1, 0.15) is 0 Å². The van der Waals surface area contributed by atoms with E-state index in [2.05, 4.69) is 5.32 Å². The average Bonchev–Trinajstić information content (AvgIpc) is 3.41. The van der Waals surface area contributed by atoms with Crippen LogP contribution in [-0.4, -0.2) is 62.3 Å². The number of nitrogens with zero attached hydrogens (tertiary/aromatic N) is 2. The molecule has 0 aromatic heterocycles. The zero-order valence-electron chi connectivity index (χ0n) is 13.1. The summed E-state index contributed by atoms with van der Waals surface area (Å²) >= 11 is 0. The lowest BCUT2D eigenvalue weighted by molar-refractivity contribution is -0.131. The number of rotatable bonds is 6. The monoisotopic (exact) mass is 337 g/mol. The maximum Gasteiger partial charge on any atom is 0.243 e. The number of piperazine rings is 1. The highest BCUT2D eigenvalue weighted by Gasteiger charge is 2.38. The topological polar surface area (TPSA) is 69.7 Å². The number of amides is 1. The van der Waals surface area contributed by atoms with E-state index in [1.807, 2.05) is 4.90 Å². The second-order valence-corrected chi connectivity index (χ2v) is 7.93. The molecular weight excluding hydrogens is 314 g/mol. The van der Waals surface area contributed by atoms with Gasteiger partial charge in [0.15, 0.2) is 0 Å². The van der Waals surface area contributed by atoms with Crippen molar-refractivity contribution in [2.45, 2.75) is 30.2 Å².